The summed E-state index contributed by atoms with van der Waals surface area (Å²) in [7, 11) is 0. The molecule has 1 aliphatic heterocycles. The Bertz CT molecular complexity index is 778. The van der Waals surface area contributed by atoms with E-state index in [0.717, 1.165) is 38.8 Å². The van der Waals surface area contributed by atoms with E-state index in [1.807, 2.05) is 16.9 Å². The highest BCUT2D eigenvalue weighted by molar-refractivity contribution is 5.85. The van der Waals surface area contributed by atoms with Crippen molar-refractivity contribution in [2.45, 2.75) is 56.4 Å². The van der Waals surface area contributed by atoms with E-state index in [1.165, 1.54) is 24.0 Å². The van der Waals surface area contributed by atoms with Crippen molar-refractivity contribution in [1.82, 2.24) is 20.4 Å². The Kier molecular flexibility index (Phi) is 6.46. The van der Waals surface area contributed by atoms with Gasteiger partial charge in [0.15, 0.2) is 0 Å². The van der Waals surface area contributed by atoms with Gasteiger partial charge in [0.1, 0.15) is 5.54 Å². The molecule has 5 nitrogen and oxygen atoms in total. The zero-order valence-corrected chi connectivity index (χ0v) is 17.4. The lowest BCUT2D eigenvalue weighted by atomic mass is 9.78. The molecule has 0 unspecified atom stereocenters. The lowest BCUT2D eigenvalue weighted by Crippen LogP contribution is -2.56. The first kappa shape index (κ1) is 20.9. The molecule has 28 heavy (non-hydrogen) atoms. The SMILES string of the molecule is Cc1cccc(C2(CNC(=O)C3(n4cccn4)CCNCC3)CCCC2)c1.Cl. The quantitative estimate of drug-likeness (QED) is 0.806. The average molecular weight is 403 g/mol. The largest absolute Gasteiger partial charge is 0.353 e. The number of hydrogen-bond donors (Lipinski definition) is 2. The van der Waals surface area contributed by atoms with E-state index in [2.05, 4.69) is 46.9 Å². The Hall–Kier alpha value is -1.85. The minimum atomic E-state index is -0.568. The summed E-state index contributed by atoms with van der Waals surface area (Å²) in [6.07, 6.45) is 10.0. The average Bonchev–Trinajstić information content (AvgIpc) is 3.40. The monoisotopic (exact) mass is 402 g/mol. The van der Waals surface area contributed by atoms with Crippen LogP contribution in [0, 0.1) is 6.92 Å². The molecule has 1 amide bonds. The lowest BCUT2D eigenvalue weighted by Gasteiger charge is -2.38. The van der Waals surface area contributed by atoms with Crippen LogP contribution in [0.2, 0.25) is 0 Å². The molecule has 1 saturated heterocycles. The molecule has 152 valence electrons. The number of amides is 1. The molecule has 0 radical (unpaired) electrons. The molecule has 1 aromatic carbocycles. The fraction of sp³-hybridized carbons (Fsp3) is 0.545. The second-order valence-corrected chi connectivity index (χ2v) is 8.27. The van der Waals surface area contributed by atoms with E-state index in [-0.39, 0.29) is 23.7 Å². The number of carbonyl (C=O) groups excluding carboxylic acids is 1. The molecule has 6 heteroatoms. The van der Waals surface area contributed by atoms with Crippen molar-refractivity contribution in [3.05, 3.63) is 53.9 Å². The zero-order valence-electron chi connectivity index (χ0n) is 16.6. The van der Waals surface area contributed by atoms with Crippen LogP contribution in [-0.4, -0.2) is 35.3 Å². The summed E-state index contributed by atoms with van der Waals surface area (Å²) in [4.78, 5) is 13.4. The highest BCUT2D eigenvalue weighted by Gasteiger charge is 2.43. The molecule has 4 rings (SSSR count). The highest BCUT2D eigenvalue weighted by Crippen LogP contribution is 2.41. The smallest absolute Gasteiger partial charge is 0.248 e. The third kappa shape index (κ3) is 3.83. The van der Waals surface area contributed by atoms with Gasteiger partial charge in [-0.3, -0.25) is 9.48 Å². The van der Waals surface area contributed by atoms with Crippen LogP contribution in [0.1, 0.15) is 49.7 Å². The number of hydrogen-bond acceptors (Lipinski definition) is 3. The molecule has 2 aromatic rings. The third-order valence-corrected chi connectivity index (χ3v) is 6.57. The summed E-state index contributed by atoms with van der Waals surface area (Å²) in [6, 6.07) is 10.7. The van der Waals surface area contributed by atoms with Crippen molar-refractivity contribution in [2.24, 2.45) is 0 Å². The Morgan fingerprint density at radius 3 is 2.57 bits per heavy atom. The van der Waals surface area contributed by atoms with Gasteiger partial charge in [-0.15, -0.1) is 12.4 Å². The second kappa shape index (κ2) is 8.66. The van der Waals surface area contributed by atoms with Gasteiger partial charge in [0.05, 0.1) is 0 Å². The van der Waals surface area contributed by atoms with Crippen molar-refractivity contribution in [3.8, 4) is 0 Å². The summed E-state index contributed by atoms with van der Waals surface area (Å²) in [6.45, 7) is 4.55. The van der Waals surface area contributed by atoms with Crippen molar-refractivity contribution in [2.75, 3.05) is 19.6 Å². The minimum Gasteiger partial charge on any atom is -0.353 e. The third-order valence-electron chi connectivity index (χ3n) is 6.57. The predicted octanol–water partition coefficient (Wildman–Crippen LogP) is 3.32. The Morgan fingerprint density at radius 1 is 1.18 bits per heavy atom. The van der Waals surface area contributed by atoms with Crippen molar-refractivity contribution in [1.29, 1.82) is 0 Å². The Morgan fingerprint density at radius 2 is 1.93 bits per heavy atom. The molecule has 1 saturated carbocycles. The maximum absolute atomic E-state index is 13.4. The first-order chi connectivity index (χ1) is 13.1. The van der Waals surface area contributed by atoms with Gasteiger partial charge >= 0.3 is 0 Å². The summed E-state index contributed by atoms with van der Waals surface area (Å²) in [5.74, 6) is 0.117. The molecule has 2 aliphatic rings. The maximum atomic E-state index is 13.4. The molecular weight excluding hydrogens is 372 g/mol. The van der Waals surface area contributed by atoms with E-state index in [9.17, 15) is 4.79 Å². The molecule has 0 bridgehead atoms. The molecule has 2 N–H and O–H groups in total. The molecule has 0 atom stereocenters. The van der Waals surface area contributed by atoms with Gasteiger partial charge < -0.3 is 10.6 Å². The van der Waals surface area contributed by atoms with Crippen LogP contribution in [-0.2, 0) is 15.7 Å². The number of nitrogens with zero attached hydrogens (tertiary/aromatic N) is 2. The number of nitrogens with one attached hydrogen (secondary N) is 2. The molecule has 2 heterocycles. The van der Waals surface area contributed by atoms with Gasteiger partial charge in [-0.2, -0.15) is 5.10 Å². The van der Waals surface area contributed by atoms with Gasteiger partial charge in [-0.1, -0.05) is 42.7 Å². The zero-order chi connectivity index (χ0) is 18.7. The lowest BCUT2D eigenvalue weighted by molar-refractivity contribution is -0.132. The van der Waals surface area contributed by atoms with Gasteiger partial charge in [-0.25, -0.2) is 0 Å². The molecule has 1 aliphatic carbocycles. The van der Waals surface area contributed by atoms with Crippen LogP contribution in [0.15, 0.2) is 42.7 Å². The summed E-state index contributed by atoms with van der Waals surface area (Å²) >= 11 is 0. The van der Waals surface area contributed by atoms with Crippen LogP contribution in [0.4, 0.5) is 0 Å². The number of piperidine rings is 1. The van der Waals surface area contributed by atoms with Crippen molar-refractivity contribution >= 4 is 18.3 Å². The van der Waals surface area contributed by atoms with Gasteiger partial charge in [0.25, 0.3) is 0 Å². The second-order valence-electron chi connectivity index (χ2n) is 8.27. The molecule has 0 spiro atoms. The predicted molar refractivity (Wildman–Crippen MR) is 114 cm³/mol. The Balaban J connectivity index is 0.00000225. The highest BCUT2D eigenvalue weighted by atomic mass is 35.5. The number of aromatic nitrogens is 2. The van der Waals surface area contributed by atoms with Crippen LogP contribution >= 0.6 is 12.4 Å². The molecular formula is C22H31ClN4O. The topological polar surface area (TPSA) is 59.0 Å². The standard InChI is InChI=1S/C22H30N4O.ClH/c1-18-6-4-7-19(16-18)21(8-2-3-9-21)17-24-20(27)22(10-13-23-14-11-22)26-15-5-12-25-26;/h4-7,12,15-16,23H,2-3,8-11,13-14,17H2,1H3,(H,24,27);1H. The fourth-order valence-electron chi connectivity index (χ4n) is 4.93. The van der Waals surface area contributed by atoms with Gasteiger partial charge in [0, 0.05) is 24.4 Å². The van der Waals surface area contributed by atoms with Crippen molar-refractivity contribution in [3.63, 3.8) is 0 Å². The maximum Gasteiger partial charge on any atom is 0.248 e. The van der Waals surface area contributed by atoms with E-state index in [0.29, 0.717) is 6.54 Å². The van der Waals surface area contributed by atoms with Crippen LogP contribution in [0.3, 0.4) is 0 Å². The Labute approximate surface area is 173 Å². The van der Waals surface area contributed by atoms with Crippen molar-refractivity contribution < 1.29 is 4.79 Å². The van der Waals surface area contributed by atoms with E-state index in [1.54, 1.807) is 6.20 Å². The van der Waals surface area contributed by atoms with Gasteiger partial charge in [-0.05, 0) is 57.3 Å². The fourth-order valence-corrected chi connectivity index (χ4v) is 4.93. The first-order valence-corrected chi connectivity index (χ1v) is 10.2. The number of rotatable bonds is 5. The number of carbonyl (C=O) groups is 1. The molecule has 1 aromatic heterocycles. The minimum absolute atomic E-state index is 0. The van der Waals surface area contributed by atoms with Crippen LogP contribution in [0.25, 0.3) is 0 Å². The normalized spacial score (nSPS) is 20.3. The van der Waals surface area contributed by atoms with Crippen LogP contribution < -0.4 is 10.6 Å². The van der Waals surface area contributed by atoms with Crippen LogP contribution in [0.5, 0.6) is 0 Å². The first-order valence-electron chi connectivity index (χ1n) is 10.2. The van der Waals surface area contributed by atoms with E-state index >= 15 is 0 Å². The number of halogens is 1. The number of aryl methyl sites for hydroxylation is 1. The summed E-state index contributed by atoms with van der Waals surface area (Å²) in [5.41, 5.74) is 2.16. The van der Waals surface area contributed by atoms with E-state index < -0.39 is 5.54 Å². The summed E-state index contributed by atoms with van der Waals surface area (Å²) in [5, 5.41) is 11.2. The molecule has 2 fully saturated rings. The van der Waals surface area contributed by atoms with E-state index in [4.69, 9.17) is 0 Å². The van der Waals surface area contributed by atoms with Gasteiger partial charge in [0.2, 0.25) is 5.91 Å². The summed E-state index contributed by atoms with van der Waals surface area (Å²) < 4.78 is 1.87. The number of benzene rings is 1.